The molecule has 1 saturated heterocycles. The number of benzene rings is 1. The summed E-state index contributed by atoms with van der Waals surface area (Å²) >= 11 is 1.43. The fourth-order valence-corrected chi connectivity index (χ4v) is 2.61. The van der Waals surface area contributed by atoms with Crippen molar-refractivity contribution in [1.82, 2.24) is 0 Å². The molecular formula is C14H20N2O3S. The molecule has 0 spiro atoms. The van der Waals surface area contributed by atoms with Crippen LogP contribution in [0.4, 0.5) is 11.4 Å². The monoisotopic (exact) mass is 296 g/mol. The van der Waals surface area contributed by atoms with Crippen LogP contribution in [0.5, 0.6) is 0 Å². The van der Waals surface area contributed by atoms with Crippen LogP contribution in [0.2, 0.25) is 0 Å². The molecule has 1 aliphatic heterocycles. The van der Waals surface area contributed by atoms with Crippen molar-refractivity contribution in [3.05, 3.63) is 24.3 Å². The summed E-state index contributed by atoms with van der Waals surface area (Å²) in [7, 11) is 0. The SMILES string of the molecule is O=C(CSCCO)Nc1ccccc1N1CCOCC1. The third kappa shape index (κ3) is 4.40. The predicted molar refractivity (Wildman–Crippen MR) is 82.5 cm³/mol. The number of aliphatic hydroxyl groups excluding tert-OH is 1. The van der Waals surface area contributed by atoms with Crippen LogP contribution >= 0.6 is 11.8 Å². The minimum Gasteiger partial charge on any atom is -0.396 e. The summed E-state index contributed by atoms with van der Waals surface area (Å²) in [5, 5.41) is 11.7. The number of morpholine rings is 1. The molecule has 2 rings (SSSR count). The molecule has 2 N–H and O–H groups in total. The Morgan fingerprint density at radius 2 is 2.10 bits per heavy atom. The highest BCUT2D eigenvalue weighted by Gasteiger charge is 2.15. The van der Waals surface area contributed by atoms with Gasteiger partial charge in [-0.05, 0) is 12.1 Å². The number of amides is 1. The molecule has 0 aromatic heterocycles. The molecule has 1 amide bonds. The lowest BCUT2D eigenvalue weighted by Crippen LogP contribution is -2.36. The van der Waals surface area contributed by atoms with Crippen LogP contribution in [0, 0.1) is 0 Å². The number of carbonyl (C=O) groups excluding carboxylic acids is 1. The maximum atomic E-state index is 11.9. The summed E-state index contributed by atoms with van der Waals surface area (Å²) in [6.45, 7) is 3.21. The largest absolute Gasteiger partial charge is 0.396 e. The van der Waals surface area contributed by atoms with Crippen molar-refractivity contribution >= 4 is 29.0 Å². The molecule has 0 aliphatic carbocycles. The Bertz CT molecular complexity index is 436. The van der Waals surface area contributed by atoms with E-state index in [2.05, 4.69) is 10.2 Å². The quantitative estimate of drug-likeness (QED) is 0.772. The third-order valence-electron chi connectivity index (χ3n) is 3.00. The van der Waals surface area contributed by atoms with E-state index < -0.39 is 0 Å². The first-order valence-electron chi connectivity index (χ1n) is 6.71. The average molecular weight is 296 g/mol. The summed E-state index contributed by atoms with van der Waals surface area (Å²) in [4.78, 5) is 14.1. The molecule has 0 radical (unpaired) electrons. The number of carbonyl (C=O) groups is 1. The smallest absolute Gasteiger partial charge is 0.234 e. The normalized spacial score (nSPS) is 15.2. The van der Waals surface area contributed by atoms with E-state index in [0.29, 0.717) is 24.7 Å². The number of para-hydroxylation sites is 2. The zero-order valence-electron chi connectivity index (χ0n) is 11.4. The molecule has 6 heteroatoms. The first kappa shape index (κ1) is 15.2. The second-order valence-electron chi connectivity index (χ2n) is 4.44. The van der Waals surface area contributed by atoms with Gasteiger partial charge in [0.25, 0.3) is 0 Å². The molecule has 1 fully saturated rings. The van der Waals surface area contributed by atoms with E-state index in [9.17, 15) is 4.79 Å². The molecule has 1 aliphatic rings. The van der Waals surface area contributed by atoms with Crippen molar-refractivity contribution in [3.8, 4) is 0 Å². The fourth-order valence-electron chi connectivity index (χ4n) is 2.08. The third-order valence-corrected chi connectivity index (χ3v) is 3.94. The van der Waals surface area contributed by atoms with Crippen molar-refractivity contribution in [1.29, 1.82) is 0 Å². The number of hydrogen-bond donors (Lipinski definition) is 2. The zero-order valence-corrected chi connectivity index (χ0v) is 12.2. The molecule has 110 valence electrons. The van der Waals surface area contributed by atoms with E-state index in [1.807, 2.05) is 24.3 Å². The van der Waals surface area contributed by atoms with Gasteiger partial charge in [0.2, 0.25) is 5.91 Å². The maximum absolute atomic E-state index is 11.9. The molecule has 1 aromatic carbocycles. The number of rotatable bonds is 6. The van der Waals surface area contributed by atoms with Crippen LogP contribution in [0.3, 0.4) is 0 Å². The number of ether oxygens (including phenoxy) is 1. The van der Waals surface area contributed by atoms with Crippen LogP contribution in [0.1, 0.15) is 0 Å². The zero-order chi connectivity index (χ0) is 14.2. The second-order valence-corrected chi connectivity index (χ2v) is 5.55. The second kappa shape index (κ2) is 8.14. The van der Waals surface area contributed by atoms with E-state index >= 15 is 0 Å². The highest BCUT2D eigenvalue weighted by Crippen LogP contribution is 2.26. The average Bonchev–Trinajstić information content (AvgIpc) is 2.49. The Labute approximate surface area is 123 Å². The van der Waals surface area contributed by atoms with Gasteiger partial charge in [0.05, 0.1) is 36.9 Å². The Morgan fingerprint density at radius 3 is 2.85 bits per heavy atom. The van der Waals surface area contributed by atoms with Crippen molar-refractivity contribution in [2.75, 3.05) is 54.6 Å². The highest BCUT2D eigenvalue weighted by molar-refractivity contribution is 7.99. The minimum absolute atomic E-state index is 0.0378. The molecule has 1 aromatic rings. The molecule has 0 saturated carbocycles. The van der Waals surface area contributed by atoms with Crippen LogP contribution in [-0.4, -0.2) is 55.4 Å². The molecule has 20 heavy (non-hydrogen) atoms. The standard InChI is InChI=1S/C14H20N2O3S/c17-7-10-20-11-14(18)15-12-3-1-2-4-13(12)16-5-8-19-9-6-16/h1-4,17H,5-11H2,(H,15,18). The number of aliphatic hydroxyl groups is 1. The number of hydrogen-bond acceptors (Lipinski definition) is 5. The van der Waals surface area contributed by atoms with Crippen molar-refractivity contribution in [2.24, 2.45) is 0 Å². The van der Waals surface area contributed by atoms with Gasteiger partial charge in [0.15, 0.2) is 0 Å². The van der Waals surface area contributed by atoms with Crippen LogP contribution in [0.15, 0.2) is 24.3 Å². The Hall–Kier alpha value is -1.24. The van der Waals surface area contributed by atoms with Crippen molar-refractivity contribution in [3.63, 3.8) is 0 Å². The Kier molecular flexibility index (Phi) is 6.17. The number of anilines is 2. The molecular weight excluding hydrogens is 276 g/mol. The van der Waals surface area contributed by atoms with Gasteiger partial charge in [-0.2, -0.15) is 0 Å². The summed E-state index contributed by atoms with van der Waals surface area (Å²) in [6.07, 6.45) is 0. The lowest BCUT2D eigenvalue weighted by molar-refractivity contribution is -0.113. The maximum Gasteiger partial charge on any atom is 0.234 e. The van der Waals surface area contributed by atoms with E-state index in [4.69, 9.17) is 9.84 Å². The summed E-state index contributed by atoms with van der Waals surface area (Å²) in [6, 6.07) is 7.82. The number of nitrogens with zero attached hydrogens (tertiary/aromatic N) is 1. The van der Waals surface area contributed by atoms with Crippen LogP contribution < -0.4 is 10.2 Å². The molecule has 1 heterocycles. The van der Waals surface area contributed by atoms with E-state index in [1.54, 1.807) is 0 Å². The molecule has 5 nitrogen and oxygen atoms in total. The summed E-state index contributed by atoms with van der Waals surface area (Å²) < 4.78 is 5.35. The highest BCUT2D eigenvalue weighted by atomic mass is 32.2. The Morgan fingerprint density at radius 1 is 1.35 bits per heavy atom. The summed E-state index contributed by atoms with van der Waals surface area (Å²) in [5.74, 6) is 0.903. The van der Waals surface area contributed by atoms with E-state index in [0.717, 1.165) is 24.5 Å². The van der Waals surface area contributed by atoms with E-state index in [1.165, 1.54) is 11.8 Å². The molecule has 0 unspecified atom stereocenters. The summed E-state index contributed by atoms with van der Waals surface area (Å²) in [5.41, 5.74) is 1.88. The topological polar surface area (TPSA) is 61.8 Å². The lowest BCUT2D eigenvalue weighted by atomic mass is 10.2. The minimum atomic E-state index is -0.0378. The first-order valence-corrected chi connectivity index (χ1v) is 7.87. The fraction of sp³-hybridized carbons (Fsp3) is 0.500. The van der Waals surface area contributed by atoms with Gasteiger partial charge in [-0.1, -0.05) is 12.1 Å². The predicted octanol–water partition coefficient (Wildman–Crippen LogP) is 1.19. The van der Waals surface area contributed by atoms with Gasteiger partial charge in [-0.25, -0.2) is 0 Å². The van der Waals surface area contributed by atoms with Gasteiger partial charge < -0.3 is 20.1 Å². The van der Waals surface area contributed by atoms with Gasteiger partial charge >= 0.3 is 0 Å². The van der Waals surface area contributed by atoms with Crippen LogP contribution in [-0.2, 0) is 9.53 Å². The van der Waals surface area contributed by atoms with Gasteiger partial charge in [-0.3, -0.25) is 4.79 Å². The van der Waals surface area contributed by atoms with Crippen LogP contribution in [0.25, 0.3) is 0 Å². The van der Waals surface area contributed by atoms with E-state index in [-0.39, 0.29) is 12.5 Å². The van der Waals surface area contributed by atoms with Gasteiger partial charge in [-0.15, -0.1) is 11.8 Å². The lowest BCUT2D eigenvalue weighted by Gasteiger charge is -2.30. The van der Waals surface area contributed by atoms with Crippen molar-refractivity contribution < 1.29 is 14.6 Å². The number of nitrogens with one attached hydrogen (secondary N) is 1. The molecule has 0 atom stereocenters. The molecule has 0 bridgehead atoms. The van der Waals surface area contributed by atoms with Crippen molar-refractivity contribution in [2.45, 2.75) is 0 Å². The Balaban J connectivity index is 1.98. The van der Waals surface area contributed by atoms with Gasteiger partial charge in [0.1, 0.15) is 0 Å². The first-order chi connectivity index (χ1) is 9.81. The van der Waals surface area contributed by atoms with Gasteiger partial charge in [0, 0.05) is 18.8 Å². The number of thioether (sulfide) groups is 1.